The van der Waals surface area contributed by atoms with Gasteiger partial charge in [-0.2, -0.15) is 0 Å². The minimum atomic E-state index is -0.897. The average molecular weight is 318 g/mol. The smallest absolute Gasteiger partial charge is 0.307 e. The number of aliphatic carboxylic acids is 1. The number of methoxy groups -OCH3 is 1. The van der Waals surface area contributed by atoms with Crippen LogP contribution in [0, 0.1) is 29.1 Å². The van der Waals surface area contributed by atoms with Gasteiger partial charge in [0.25, 0.3) is 0 Å². The van der Waals surface area contributed by atoms with Crippen LogP contribution in [0.25, 0.3) is 0 Å². The molecule has 23 heavy (non-hydrogen) atoms. The van der Waals surface area contributed by atoms with Gasteiger partial charge in [0.05, 0.1) is 25.0 Å². The van der Waals surface area contributed by atoms with Crippen molar-refractivity contribution in [1.82, 2.24) is 4.90 Å². The van der Waals surface area contributed by atoms with Crippen LogP contribution in [0.1, 0.15) is 19.8 Å². The van der Waals surface area contributed by atoms with Crippen LogP contribution in [-0.2, 0) is 14.3 Å². The number of nitrogens with one attached hydrogen (secondary N) is 1. The molecule has 1 aliphatic heterocycles. The number of carbonyl (C=O) groups excluding carboxylic acids is 1. The van der Waals surface area contributed by atoms with Crippen molar-refractivity contribution < 1.29 is 19.4 Å². The van der Waals surface area contributed by atoms with Crippen LogP contribution in [-0.4, -0.2) is 47.3 Å². The van der Waals surface area contributed by atoms with Gasteiger partial charge in [-0.1, -0.05) is 6.08 Å². The number of hydrogen-bond acceptors (Lipinski definition) is 4. The van der Waals surface area contributed by atoms with E-state index in [1.807, 2.05) is 12.2 Å². The number of likely N-dealkylation sites (tertiary alicyclic amines) is 1. The van der Waals surface area contributed by atoms with Gasteiger partial charge in [-0.15, -0.1) is 0 Å². The highest BCUT2D eigenvalue weighted by molar-refractivity contribution is 5.94. The second-order valence-electron chi connectivity index (χ2n) is 6.61. The van der Waals surface area contributed by atoms with Crippen molar-refractivity contribution in [2.75, 3.05) is 13.7 Å². The number of nitrogens with zero attached hydrogens (tertiary/aromatic N) is 1. The molecule has 0 radical (unpaired) electrons. The molecule has 6 heteroatoms. The molecule has 1 amide bonds. The van der Waals surface area contributed by atoms with Crippen LogP contribution in [0.15, 0.2) is 24.0 Å². The fraction of sp³-hybridized carbons (Fsp3) is 0.588. The van der Waals surface area contributed by atoms with Gasteiger partial charge in [0.1, 0.15) is 5.76 Å². The van der Waals surface area contributed by atoms with Gasteiger partial charge in [0, 0.05) is 18.2 Å². The van der Waals surface area contributed by atoms with E-state index in [0.717, 1.165) is 12.2 Å². The Labute approximate surface area is 135 Å². The molecule has 0 spiro atoms. The summed E-state index contributed by atoms with van der Waals surface area (Å²) < 4.78 is 5.27. The van der Waals surface area contributed by atoms with Crippen LogP contribution in [0.4, 0.5) is 0 Å². The standard InChI is InChI=1S/C17H22N2O4/c1-9(18)15-12-4-3-11(23-2)7-10(12)5-6-19(15)16(20)13-8-14(13)17(21)22/h3-4,7,10,12-15,18H,5-6,8H2,1-2H3,(H,21,22)/t10?,12?,13?,14-,15+/m1/s1. The van der Waals surface area contributed by atoms with E-state index in [4.69, 9.17) is 15.3 Å². The van der Waals surface area contributed by atoms with Gasteiger partial charge < -0.3 is 20.2 Å². The Morgan fingerprint density at radius 3 is 2.70 bits per heavy atom. The molecular weight excluding hydrogens is 296 g/mol. The number of hydrogen-bond donors (Lipinski definition) is 2. The maximum Gasteiger partial charge on any atom is 0.307 e. The van der Waals surface area contributed by atoms with Crippen molar-refractivity contribution in [3.05, 3.63) is 24.0 Å². The lowest BCUT2D eigenvalue weighted by Crippen LogP contribution is -2.55. The molecule has 124 valence electrons. The third-order valence-corrected chi connectivity index (χ3v) is 5.15. The van der Waals surface area contributed by atoms with E-state index >= 15 is 0 Å². The summed E-state index contributed by atoms with van der Waals surface area (Å²) in [5.41, 5.74) is 0.444. The number of fused-ring (bicyclic) bond motifs is 1. The SMILES string of the molecule is COC1=CC2CCN(C(=O)C3C[C@H]3C(=O)O)[C@@H](C(C)=N)C2C=C1. The summed E-state index contributed by atoms with van der Waals surface area (Å²) >= 11 is 0. The van der Waals surface area contributed by atoms with Crippen LogP contribution < -0.4 is 0 Å². The van der Waals surface area contributed by atoms with Crippen LogP contribution in [0.2, 0.25) is 0 Å². The summed E-state index contributed by atoms with van der Waals surface area (Å²) in [5, 5.41) is 17.2. The van der Waals surface area contributed by atoms with Gasteiger partial charge in [-0.05, 0) is 37.8 Å². The normalized spacial score (nSPS) is 35.1. The lowest BCUT2D eigenvalue weighted by Gasteiger charge is -2.44. The first-order chi connectivity index (χ1) is 10.9. The molecule has 6 nitrogen and oxygen atoms in total. The Hall–Kier alpha value is -2.11. The van der Waals surface area contributed by atoms with Gasteiger partial charge in [-0.3, -0.25) is 9.59 Å². The molecule has 1 saturated carbocycles. The second kappa shape index (κ2) is 5.83. The van der Waals surface area contributed by atoms with E-state index in [9.17, 15) is 9.59 Å². The molecule has 0 aromatic rings. The second-order valence-corrected chi connectivity index (χ2v) is 6.61. The average Bonchev–Trinajstić information content (AvgIpc) is 3.33. The zero-order chi connectivity index (χ0) is 16.7. The highest BCUT2D eigenvalue weighted by Gasteiger charge is 2.52. The summed E-state index contributed by atoms with van der Waals surface area (Å²) in [4.78, 5) is 25.4. The fourth-order valence-corrected chi connectivity index (χ4v) is 3.84. The quantitative estimate of drug-likeness (QED) is 0.772. The first-order valence-electron chi connectivity index (χ1n) is 7.96. The molecule has 0 aromatic heterocycles. The molecule has 5 atom stereocenters. The Kier molecular flexibility index (Phi) is 4.00. The van der Waals surface area contributed by atoms with E-state index in [1.165, 1.54) is 0 Å². The van der Waals surface area contributed by atoms with E-state index in [-0.39, 0.29) is 23.8 Å². The zero-order valence-corrected chi connectivity index (χ0v) is 13.4. The predicted octanol–water partition coefficient (Wildman–Crippen LogP) is 1.68. The van der Waals surface area contributed by atoms with Crippen LogP contribution >= 0.6 is 0 Å². The van der Waals surface area contributed by atoms with Gasteiger partial charge in [0.2, 0.25) is 5.91 Å². The van der Waals surface area contributed by atoms with Crippen LogP contribution in [0.5, 0.6) is 0 Å². The van der Waals surface area contributed by atoms with Crippen molar-refractivity contribution in [1.29, 1.82) is 5.41 Å². The van der Waals surface area contributed by atoms with E-state index < -0.39 is 17.8 Å². The summed E-state index contributed by atoms with van der Waals surface area (Å²) in [6.45, 7) is 2.28. The number of piperidine rings is 1. The first-order valence-corrected chi connectivity index (χ1v) is 7.96. The number of allylic oxidation sites excluding steroid dienone is 2. The molecule has 3 unspecified atom stereocenters. The third-order valence-electron chi connectivity index (χ3n) is 5.15. The summed E-state index contributed by atoms with van der Waals surface area (Å²) in [6, 6.07) is -0.290. The molecule has 1 heterocycles. The highest BCUT2D eigenvalue weighted by atomic mass is 16.5. The molecule has 2 N–H and O–H groups in total. The Bertz CT molecular complexity index is 610. The molecule has 0 bridgehead atoms. The largest absolute Gasteiger partial charge is 0.497 e. The Morgan fingerprint density at radius 2 is 2.13 bits per heavy atom. The van der Waals surface area contributed by atoms with Crippen molar-refractivity contribution in [2.45, 2.75) is 25.8 Å². The lowest BCUT2D eigenvalue weighted by atomic mass is 9.75. The highest BCUT2D eigenvalue weighted by Crippen LogP contribution is 2.43. The first kappa shape index (κ1) is 15.8. The molecule has 0 aromatic carbocycles. The Balaban J connectivity index is 1.79. The van der Waals surface area contributed by atoms with E-state index in [2.05, 4.69) is 6.08 Å². The van der Waals surface area contributed by atoms with Crippen molar-refractivity contribution in [3.63, 3.8) is 0 Å². The number of carbonyl (C=O) groups is 2. The Morgan fingerprint density at radius 1 is 1.39 bits per heavy atom. The zero-order valence-electron chi connectivity index (χ0n) is 13.4. The lowest BCUT2D eigenvalue weighted by molar-refractivity contribution is -0.143. The molecule has 2 fully saturated rings. The van der Waals surface area contributed by atoms with Gasteiger partial charge >= 0.3 is 5.97 Å². The van der Waals surface area contributed by atoms with E-state index in [1.54, 1.807) is 18.9 Å². The number of rotatable bonds is 4. The maximum absolute atomic E-state index is 12.7. The minimum absolute atomic E-state index is 0.0612. The van der Waals surface area contributed by atoms with Crippen LogP contribution in [0.3, 0.4) is 0 Å². The van der Waals surface area contributed by atoms with Gasteiger partial charge in [-0.25, -0.2) is 0 Å². The van der Waals surface area contributed by atoms with E-state index in [0.29, 0.717) is 18.7 Å². The van der Waals surface area contributed by atoms with Crippen molar-refractivity contribution in [3.8, 4) is 0 Å². The topological polar surface area (TPSA) is 90.7 Å². The molecule has 3 aliphatic rings. The van der Waals surface area contributed by atoms with Gasteiger partial charge in [0.15, 0.2) is 0 Å². The van der Waals surface area contributed by atoms with Crippen molar-refractivity contribution >= 4 is 17.6 Å². The minimum Gasteiger partial charge on any atom is -0.497 e. The monoisotopic (exact) mass is 318 g/mol. The summed E-state index contributed by atoms with van der Waals surface area (Å²) in [7, 11) is 1.63. The fourth-order valence-electron chi connectivity index (χ4n) is 3.84. The number of carboxylic acid groups (broad SMARTS) is 1. The molecule has 1 saturated heterocycles. The summed E-state index contributed by atoms with van der Waals surface area (Å²) in [5.74, 6) is -0.836. The predicted molar refractivity (Wildman–Crippen MR) is 84.0 cm³/mol. The third kappa shape index (κ3) is 2.78. The summed E-state index contributed by atoms with van der Waals surface area (Å²) in [6.07, 6.45) is 7.21. The maximum atomic E-state index is 12.7. The number of ether oxygens (including phenoxy) is 1. The molecule has 3 rings (SSSR count). The molecule has 2 aliphatic carbocycles. The number of carboxylic acids is 1. The van der Waals surface area contributed by atoms with Crippen molar-refractivity contribution in [2.24, 2.45) is 23.7 Å². The molecular formula is C17H22N2O4. The number of amides is 1.